The molecule has 0 radical (unpaired) electrons. The number of carbonyl (C=O) groups excluding carboxylic acids is 1. The standard InChI is InChI=1S/C18H16O3/c1-12(18(20)21-10-9-19)14-7-4-8-16-15-6-3-2-5-13(15)11-17(14)16/h2-8,19H,1,9-11H2. The van der Waals surface area contributed by atoms with Crippen molar-refractivity contribution in [3.8, 4) is 11.1 Å². The van der Waals surface area contributed by atoms with Gasteiger partial charge in [-0.3, -0.25) is 0 Å². The van der Waals surface area contributed by atoms with Crippen LogP contribution in [-0.2, 0) is 16.0 Å². The molecular formula is C18H16O3. The van der Waals surface area contributed by atoms with E-state index in [1.165, 1.54) is 11.1 Å². The number of fused-ring (bicyclic) bond motifs is 3. The summed E-state index contributed by atoms with van der Waals surface area (Å²) in [7, 11) is 0. The summed E-state index contributed by atoms with van der Waals surface area (Å²) >= 11 is 0. The number of rotatable bonds is 4. The lowest BCUT2D eigenvalue weighted by Gasteiger charge is -2.10. The van der Waals surface area contributed by atoms with Gasteiger partial charge in [-0.25, -0.2) is 4.79 Å². The maximum Gasteiger partial charge on any atom is 0.338 e. The molecule has 0 atom stereocenters. The average molecular weight is 280 g/mol. The number of aliphatic hydroxyl groups excluding tert-OH is 1. The number of esters is 1. The Labute approximate surface area is 123 Å². The molecule has 3 nitrogen and oxygen atoms in total. The summed E-state index contributed by atoms with van der Waals surface area (Å²) in [5, 5.41) is 8.73. The van der Waals surface area contributed by atoms with Crippen LogP contribution in [0, 0.1) is 0 Å². The van der Waals surface area contributed by atoms with Gasteiger partial charge in [0.15, 0.2) is 0 Å². The first-order chi connectivity index (χ1) is 10.2. The van der Waals surface area contributed by atoms with E-state index >= 15 is 0 Å². The molecule has 1 aliphatic rings. The fourth-order valence-corrected chi connectivity index (χ4v) is 2.78. The van der Waals surface area contributed by atoms with E-state index in [9.17, 15) is 4.79 Å². The molecule has 2 aromatic rings. The summed E-state index contributed by atoms with van der Waals surface area (Å²) in [6.45, 7) is 3.67. The Bertz CT molecular complexity index is 716. The predicted molar refractivity (Wildman–Crippen MR) is 81.8 cm³/mol. The van der Waals surface area contributed by atoms with E-state index in [0.717, 1.165) is 23.1 Å². The molecule has 0 aromatic heterocycles. The lowest BCUT2D eigenvalue weighted by atomic mass is 9.96. The van der Waals surface area contributed by atoms with Crippen LogP contribution in [0.15, 0.2) is 49.0 Å². The highest BCUT2D eigenvalue weighted by Crippen LogP contribution is 2.39. The zero-order chi connectivity index (χ0) is 14.8. The second-order valence-electron chi connectivity index (χ2n) is 5.00. The van der Waals surface area contributed by atoms with Crippen molar-refractivity contribution in [2.24, 2.45) is 0 Å². The van der Waals surface area contributed by atoms with E-state index in [2.05, 4.69) is 24.8 Å². The molecule has 1 N–H and O–H groups in total. The summed E-state index contributed by atoms with van der Waals surface area (Å²) in [6.07, 6.45) is 0.800. The number of hydrogen-bond acceptors (Lipinski definition) is 3. The molecular weight excluding hydrogens is 264 g/mol. The van der Waals surface area contributed by atoms with Crippen molar-refractivity contribution >= 4 is 11.5 Å². The van der Waals surface area contributed by atoms with Crippen molar-refractivity contribution in [1.29, 1.82) is 0 Å². The first-order valence-corrected chi connectivity index (χ1v) is 6.90. The van der Waals surface area contributed by atoms with Crippen molar-refractivity contribution in [2.45, 2.75) is 6.42 Å². The molecule has 3 rings (SSSR count). The number of ether oxygens (including phenoxy) is 1. The second kappa shape index (κ2) is 5.54. The SMILES string of the molecule is C=C(C(=O)OCCO)c1cccc2c1Cc1ccccc1-2. The summed E-state index contributed by atoms with van der Waals surface area (Å²) in [5.41, 5.74) is 5.91. The third-order valence-corrected chi connectivity index (χ3v) is 3.75. The molecule has 0 spiro atoms. The maximum atomic E-state index is 11.9. The highest BCUT2D eigenvalue weighted by molar-refractivity contribution is 6.16. The van der Waals surface area contributed by atoms with Crippen LogP contribution in [-0.4, -0.2) is 24.3 Å². The van der Waals surface area contributed by atoms with Crippen LogP contribution in [0.5, 0.6) is 0 Å². The van der Waals surface area contributed by atoms with Crippen LogP contribution in [0.2, 0.25) is 0 Å². The van der Waals surface area contributed by atoms with Crippen LogP contribution in [0.3, 0.4) is 0 Å². The van der Waals surface area contributed by atoms with Gasteiger partial charge < -0.3 is 9.84 Å². The second-order valence-corrected chi connectivity index (χ2v) is 5.00. The highest BCUT2D eigenvalue weighted by atomic mass is 16.5. The third kappa shape index (κ3) is 2.36. The molecule has 1 aliphatic carbocycles. The van der Waals surface area contributed by atoms with Gasteiger partial charge >= 0.3 is 5.97 Å². The number of carbonyl (C=O) groups is 1. The van der Waals surface area contributed by atoms with Gasteiger partial charge in [0.25, 0.3) is 0 Å². The molecule has 0 saturated carbocycles. The van der Waals surface area contributed by atoms with Crippen molar-refractivity contribution < 1.29 is 14.6 Å². The van der Waals surface area contributed by atoms with E-state index in [1.54, 1.807) is 0 Å². The number of aliphatic hydroxyl groups is 1. The predicted octanol–water partition coefficient (Wildman–Crippen LogP) is 2.81. The van der Waals surface area contributed by atoms with Gasteiger partial charge in [-0.05, 0) is 34.2 Å². The molecule has 0 bridgehead atoms. The topological polar surface area (TPSA) is 46.5 Å². The Kier molecular flexibility index (Phi) is 3.59. The molecule has 0 heterocycles. The Hall–Kier alpha value is -2.39. The minimum Gasteiger partial charge on any atom is -0.460 e. The van der Waals surface area contributed by atoms with Gasteiger partial charge in [0.2, 0.25) is 0 Å². The Morgan fingerprint density at radius 2 is 1.90 bits per heavy atom. The summed E-state index contributed by atoms with van der Waals surface area (Å²) in [4.78, 5) is 11.9. The quantitative estimate of drug-likeness (QED) is 0.590. The van der Waals surface area contributed by atoms with Crippen LogP contribution < -0.4 is 0 Å². The summed E-state index contributed by atoms with van der Waals surface area (Å²) < 4.78 is 4.96. The van der Waals surface area contributed by atoms with Gasteiger partial charge in [-0.1, -0.05) is 49.0 Å². The van der Waals surface area contributed by atoms with Crippen molar-refractivity contribution in [1.82, 2.24) is 0 Å². The largest absolute Gasteiger partial charge is 0.460 e. The molecule has 2 aromatic carbocycles. The van der Waals surface area contributed by atoms with E-state index in [0.29, 0.717) is 5.57 Å². The fraction of sp³-hybridized carbons (Fsp3) is 0.167. The zero-order valence-electron chi connectivity index (χ0n) is 11.6. The summed E-state index contributed by atoms with van der Waals surface area (Å²) in [5.74, 6) is -0.478. The molecule has 21 heavy (non-hydrogen) atoms. The van der Waals surface area contributed by atoms with Gasteiger partial charge in [-0.15, -0.1) is 0 Å². The Morgan fingerprint density at radius 1 is 1.14 bits per heavy atom. The smallest absolute Gasteiger partial charge is 0.338 e. The van der Waals surface area contributed by atoms with Crippen LogP contribution in [0.25, 0.3) is 16.7 Å². The van der Waals surface area contributed by atoms with Crippen molar-refractivity contribution in [3.05, 3.63) is 65.7 Å². The van der Waals surface area contributed by atoms with Crippen molar-refractivity contribution in [2.75, 3.05) is 13.2 Å². The van der Waals surface area contributed by atoms with Gasteiger partial charge in [0.05, 0.1) is 12.2 Å². The Morgan fingerprint density at radius 3 is 2.71 bits per heavy atom. The van der Waals surface area contributed by atoms with Gasteiger partial charge in [-0.2, -0.15) is 0 Å². The molecule has 0 fully saturated rings. The van der Waals surface area contributed by atoms with Crippen molar-refractivity contribution in [3.63, 3.8) is 0 Å². The zero-order valence-corrected chi connectivity index (χ0v) is 11.6. The molecule has 0 saturated heterocycles. The van der Waals surface area contributed by atoms with Crippen LogP contribution in [0.1, 0.15) is 16.7 Å². The molecule has 3 heteroatoms. The maximum absolute atomic E-state index is 11.9. The van der Waals surface area contributed by atoms with E-state index in [1.807, 2.05) is 24.3 Å². The average Bonchev–Trinajstić information content (AvgIpc) is 2.90. The fourth-order valence-electron chi connectivity index (χ4n) is 2.78. The van der Waals surface area contributed by atoms with Crippen LogP contribution >= 0.6 is 0 Å². The van der Waals surface area contributed by atoms with Gasteiger partial charge in [0, 0.05) is 0 Å². The van der Waals surface area contributed by atoms with E-state index < -0.39 is 5.97 Å². The first-order valence-electron chi connectivity index (χ1n) is 6.90. The summed E-state index contributed by atoms with van der Waals surface area (Å²) in [6, 6.07) is 14.1. The first kappa shape index (κ1) is 13.6. The van der Waals surface area contributed by atoms with Crippen LogP contribution in [0.4, 0.5) is 0 Å². The third-order valence-electron chi connectivity index (χ3n) is 3.75. The normalized spacial score (nSPS) is 11.7. The number of benzene rings is 2. The lowest BCUT2D eigenvalue weighted by molar-refractivity contribution is -0.137. The molecule has 0 unspecified atom stereocenters. The molecule has 0 aliphatic heterocycles. The number of hydrogen-bond donors (Lipinski definition) is 1. The molecule has 0 amide bonds. The van der Waals surface area contributed by atoms with E-state index in [-0.39, 0.29) is 13.2 Å². The van der Waals surface area contributed by atoms with E-state index in [4.69, 9.17) is 9.84 Å². The Balaban J connectivity index is 1.97. The van der Waals surface area contributed by atoms with Gasteiger partial charge in [0.1, 0.15) is 6.61 Å². The highest BCUT2D eigenvalue weighted by Gasteiger charge is 2.23. The molecule has 106 valence electrons. The minimum absolute atomic E-state index is 0.00684. The monoisotopic (exact) mass is 280 g/mol. The lowest BCUT2D eigenvalue weighted by Crippen LogP contribution is -2.10. The minimum atomic E-state index is -0.478.